The Balaban J connectivity index is 1.97. The number of aryl methyl sites for hydroxylation is 1. The summed E-state index contributed by atoms with van der Waals surface area (Å²) in [5.41, 5.74) is 2.44. The Hall–Kier alpha value is -1.95. The van der Waals surface area contributed by atoms with E-state index in [1.54, 1.807) is 0 Å². The van der Waals surface area contributed by atoms with Crippen molar-refractivity contribution in [3.63, 3.8) is 0 Å². The third-order valence-electron chi connectivity index (χ3n) is 4.59. The Morgan fingerprint density at radius 2 is 1.72 bits per heavy atom. The lowest BCUT2D eigenvalue weighted by atomic mass is 10.1. The van der Waals surface area contributed by atoms with E-state index in [0.29, 0.717) is 22.6 Å². The molecule has 0 aromatic heterocycles. The summed E-state index contributed by atoms with van der Waals surface area (Å²) in [5.74, 6) is -1.43. The minimum absolute atomic E-state index is 0.116. The maximum Gasteiger partial charge on any atom is 0.333 e. The lowest BCUT2D eigenvalue weighted by Crippen LogP contribution is -2.36. The van der Waals surface area contributed by atoms with E-state index >= 15 is 0 Å². The van der Waals surface area contributed by atoms with Gasteiger partial charge in [0.15, 0.2) is 0 Å². The van der Waals surface area contributed by atoms with Crippen LogP contribution < -0.4 is 5.19 Å². The van der Waals surface area contributed by atoms with Gasteiger partial charge >= 0.3 is 5.97 Å². The van der Waals surface area contributed by atoms with Gasteiger partial charge in [-0.05, 0) is 23.1 Å². The van der Waals surface area contributed by atoms with Crippen molar-refractivity contribution in [3.05, 3.63) is 29.8 Å². The Labute approximate surface area is 150 Å². The van der Waals surface area contributed by atoms with Crippen molar-refractivity contribution in [1.82, 2.24) is 5.06 Å². The molecule has 0 unspecified atom stereocenters. The molecule has 136 valence electrons. The third-order valence-corrected chi connectivity index (χ3v) is 8.59. The van der Waals surface area contributed by atoms with E-state index in [1.165, 1.54) is 5.19 Å². The quantitative estimate of drug-likeness (QED) is 0.553. The summed E-state index contributed by atoms with van der Waals surface area (Å²) in [5, 5.41) is 2.03. The van der Waals surface area contributed by atoms with Gasteiger partial charge in [-0.3, -0.25) is 9.59 Å². The van der Waals surface area contributed by atoms with Crippen LogP contribution >= 0.6 is 0 Å². The van der Waals surface area contributed by atoms with Crippen molar-refractivity contribution < 1.29 is 19.2 Å². The normalized spacial score (nSPS) is 14.9. The molecule has 1 aromatic carbocycles. The summed E-state index contributed by atoms with van der Waals surface area (Å²) < 4.78 is 0. The van der Waals surface area contributed by atoms with Crippen LogP contribution in [0.2, 0.25) is 11.1 Å². The van der Waals surface area contributed by atoms with Gasteiger partial charge in [-0.15, -0.1) is 5.06 Å². The first-order valence-electron chi connectivity index (χ1n) is 8.95. The van der Waals surface area contributed by atoms with E-state index in [-0.39, 0.29) is 19.3 Å². The van der Waals surface area contributed by atoms with Crippen LogP contribution in [0.5, 0.6) is 0 Å². The number of amides is 2. The zero-order valence-corrected chi connectivity index (χ0v) is 16.6. The molecule has 0 saturated carbocycles. The molecule has 1 aliphatic heterocycles. The number of carbonyl (C=O) groups is 3. The van der Waals surface area contributed by atoms with Crippen LogP contribution in [-0.4, -0.2) is 31.6 Å². The SMILES string of the molecule is CC(C)[SiH](c1cccc(CCC(=O)ON2C(=O)CCC2=O)c1)C(C)C. The second kappa shape index (κ2) is 8.42. The van der Waals surface area contributed by atoms with Gasteiger partial charge in [-0.1, -0.05) is 57.1 Å². The summed E-state index contributed by atoms with van der Waals surface area (Å²) in [6, 6.07) is 8.46. The fourth-order valence-corrected chi connectivity index (χ4v) is 7.37. The molecular formula is C19H27NO4Si. The Morgan fingerprint density at radius 1 is 1.12 bits per heavy atom. The second-order valence-electron chi connectivity index (χ2n) is 7.30. The maximum absolute atomic E-state index is 11.9. The molecule has 1 heterocycles. The number of carbonyl (C=O) groups excluding carboxylic acids is 3. The van der Waals surface area contributed by atoms with Gasteiger partial charge < -0.3 is 4.84 Å². The van der Waals surface area contributed by atoms with E-state index in [4.69, 9.17) is 4.84 Å². The van der Waals surface area contributed by atoms with Crippen LogP contribution in [0.15, 0.2) is 24.3 Å². The molecule has 0 atom stereocenters. The molecule has 0 N–H and O–H groups in total. The number of rotatable bonds is 7. The summed E-state index contributed by atoms with van der Waals surface area (Å²) in [6.45, 7) is 9.13. The molecule has 0 spiro atoms. The fourth-order valence-electron chi connectivity index (χ4n) is 3.55. The van der Waals surface area contributed by atoms with Crippen molar-refractivity contribution in [2.24, 2.45) is 0 Å². The first kappa shape index (κ1) is 19.4. The van der Waals surface area contributed by atoms with Crippen LogP contribution in [0.4, 0.5) is 0 Å². The zero-order chi connectivity index (χ0) is 18.6. The standard InChI is InChI=1S/C19H27NO4Si/c1-13(2)25(14(3)4)16-7-5-6-15(12-16)8-11-19(23)24-20-17(21)9-10-18(20)22/h5-7,12-14,25H,8-11H2,1-4H3. The molecule has 5 nitrogen and oxygen atoms in total. The number of nitrogens with zero attached hydrogens (tertiary/aromatic N) is 1. The first-order chi connectivity index (χ1) is 11.8. The third kappa shape index (κ3) is 5.01. The van der Waals surface area contributed by atoms with Gasteiger partial charge in [0, 0.05) is 12.8 Å². The van der Waals surface area contributed by atoms with Crippen molar-refractivity contribution >= 4 is 31.8 Å². The number of imide groups is 1. The minimum Gasteiger partial charge on any atom is -0.330 e. The van der Waals surface area contributed by atoms with Crippen LogP contribution in [0.25, 0.3) is 0 Å². The van der Waals surface area contributed by atoms with Crippen LogP contribution in [-0.2, 0) is 25.6 Å². The molecule has 25 heavy (non-hydrogen) atoms. The van der Waals surface area contributed by atoms with Gasteiger partial charge in [0.25, 0.3) is 11.8 Å². The van der Waals surface area contributed by atoms with Crippen molar-refractivity contribution in [2.45, 2.75) is 64.5 Å². The maximum atomic E-state index is 11.9. The monoisotopic (exact) mass is 361 g/mol. The van der Waals surface area contributed by atoms with Crippen LogP contribution in [0.1, 0.15) is 52.5 Å². The average Bonchev–Trinajstić information content (AvgIpc) is 2.84. The minimum atomic E-state index is -1.07. The van der Waals surface area contributed by atoms with E-state index < -0.39 is 26.6 Å². The molecule has 1 fully saturated rings. The van der Waals surface area contributed by atoms with E-state index in [1.807, 2.05) is 12.1 Å². The molecule has 2 amide bonds. The molecule has 0 aliphatic carbocycles. The molecule has 0 radical (unpaired) electrons. The molecule has 6 heteroatoms. The molecule has 1 aromatic rings. The van der Waals surface area contributed by atoms with E-state index in [0.717, 1.165) is 5.56 Å². The summed E-state index contributed by atoms with van der Waals surface area (Å²) in [6.07, 6.45) is 0.922. The molecule has 0 bridgehead atoms. The van der Waals surface area contributed by atoms with E-state index in [2.05, 4.69) is 39.8 Å². The number of hydrogen-bond acceptors (Lipinski definition) is 4. The smallest absolute Gasteiger partial charge is 0.330 e. The largest absolute Gasteiger partial charge is 0.333 e. The second-order valence-corrected chi connectivity index (χ2v) is 11.7. The summed E-state index contributed by atoms with van der Waals surface area (Å²) >= 11 is 0. The van der Waals surface area contributed by atoms with E-state index in [9.17, 15) is 14.4 Å². The topological polar surface area (TPSA) is 63.7 Å². The lowest BCUT2D eigenvalue weighted by Gasteiger charge is -2.24. The average molecular weight is 362 g/mol. The van der Waals surface area contributed by atoms with Crippen LogP contribution in [0, 0.1) is 0 Å². The highest BCUT2D eigenvalue weighted by Gasteiger charge is 2.32. The molecule has 2 rings (SSSR count). The van der Waals surface area contributed by atoms with Crippen molar-refractivity contribution in [2.75, 3.05) is 0 Å². The summed E-state index contributed by atoms with van der Waals surface area (Å²) in [7, 11) is -1.07. The van der Waals surface area contributed by atoms with Crippen LogP contribution in [0.3, 0.4) is 0 Å². The predicted octanol–water partition coefficient (Wildman–Crippen LogP) is 2.48. The Bertz CT molecular complexity index is 633. The highest BCUT2D eigenvalue weighted by atomic mass is 28.3. The first-order valence-corrected chi connectivity index (χ1v) is 10.9. The van der Waals surface area contributed by atoms with Gasteiger partial charge in [0.1, 0.15) is 0 Å². The fraction of sp³-hybridized carbons (Fsp3) is 0.526. The molecule has 1 saturated heterocycles. The summed E-state index contributed by atoms with van der Waals surface area (Å²) in [4.78, 5) is 39.8. The predicted molar refractivity (Wildman–Crippen MR) is 98.9 cm³/mol. The Kier molecular flexibility index (Phi) is 6.53. The Morgan fingerprint density at radius 3 is 2.28 bits per heavy atom. The number of hydrogen-bond donors (Lipinski definition) is 0. The number of benzene rings is 1. The van der Waals surface area contributed by atoms with Crippen molar-refractivity contribution in [3.8, 4) is 0 Å². The van der Waals surface area contributed by atoms with Gasteiger partial charge in [0.2, 0.25) is 0 Å². The highest BCUT2D eigenvalue weighted by Crippen LogP contribution is 2.20. The van der Waals surface area contributed by atoms with Crippen molar-refractivity contribution in [1.29, 1.82) is 0 Å². The molecular weight excluding hydrogens is 334 g/mol. The lowest BCUT2D eigenvalue weighted by molar-refractivity contribution is -0.197. The van der Waals surface area contributed by atoms with Gasteiger partial charge in [-0.2, -0.15) is 0 Å². The molecule has 1 aliphatic rings. The zero-order valence-electron chi connectivity index (χ0n) is 15.5. The highest BCUT2D eigenvalue weighted by molar-refractivity contribution is 6.75. The van der Waals surface area contributed by atoms with Gasteiger partial charge in [-0.25, -0.2) is 4.79 Å². The number of hydroxylamine groups is 2. The van der Waals surface area contributed by atoms with Gasteiger partial charge in [0.05, 0.1) is 15.2 Å².